The van der Waals surface area contributed by atoms with Gasteiger partial charge in [0.2, 0.25) is 0 Å². The Bertz CT molecular complexity index is 518. The lowest BCUT2D eigenvalue weighted by atomic mass is 9.95. The quantitative estimate of drug-likeness (QED) is 0.639. The van der Waals surface area contributed by atoms with Gasteiger partial charge in [-0.1, -0.05) is 74.0 Å². The van der Waals surface area contributed by atoms with E-state index in [-0.39, 0.29) is 5.92 Å². The predicted molar refractivity (Wildman–Crippen MR) is 98.6 cm³/mol. The zero-order valence-corrected chi connectivity index (χ0v) is 14.8. The molecule has 1 atom stereocenters. The van der Waals surface area contributed by atoms with Gasteiger partial charge >= 0.3 is 0 Å². The molecule has 0 amide bonds. The van der Waals surface area contributed by atoms with Gasteiger partial charge in [0.05, 0.1) is 11.8 Å². The van der Waals surface area contributed by atoms with Crippen LogP contribution in [0.1, 0.15) is 76.2 Å². The molecule has 1 unspecified atom stereocenters. The topological polar surface area (TPSA) is 45.4 Å². The van der Waals surface area contributed by atoms with Crippen molar-refractivity contribution in [3.05, 3.63) is 35.9 Å². The molecular formula is C21H30N2O. The average molecular weight is 326 g/mol. The lowest BCUT2D eigenvalue weighted by Crippen LogP contribution is -2.05. The molecule has 0 N–H and O–H groups in total. The van der Waals surface area contributed by atoms with Crippen LogP contribution in [0.2, 0.25) is 0 Å². The Morgan fingerprint density at radius 2 is 1.62 bits per heavy atom. The van der Waals surface area contributed by atoms with E-state index in [2.05, 4.69) is 23.4 Å². The number of nitriles is 1. The number of hydrogen-bond acceptors (Lipinski definition) is 3. The molecule has 1 fully saturated rings. The molecule has 0 spiro atoms. The number of nitrogens with zero attached hydrogens (tertiary/aromatic N) is 2. The van der Waals surface area contributed by atoms with Gasteiger partial charge in [-0.25, -0.2) is 0 Å². The fourth-order valence-electron chi connectivity index (χ4n) is 3.21. The smallest absolute Gasteiger partial charge is 0.142 e. The van der Waals surface area contributed by atoms with Gasteiger partial charge in [0.1, 0.15) is 6.61 Å². The van der Waals surface area contributed by atoms with Gasteiger partial charge in [0.15, 0.2) is 0 Å². The molecule has 0 aromatic heterocycles. The van der Waals surface area contributed by atoms with Crippen molar-refractivity contribution in [2.45, 2.75) is 77.2 Å². The van der Waals surface area contributed by atoms with Crippen LogP contribution in [-0.2, 0) is 11.4 Å². The first kappa shape index (κ1) is 18.5. The van der Waals surface area contributed by atoms with Gasteiger partial charge in [0, 0.05) is 5.92 Å². The van der Waals surface area contributed by atoms with Gasteiger partial charge in [0.25, 0.3) is 0 Å². The summed E-state index contributed by atoms with van der Waals surface area (Å²) in [6.07, 6.45) is 12.8. The summed E-state index contributed by atoms with van der Waals surface area (Å²) in [4.78, 5) is 5.58. The van der Waals surface area contributed by atoms with Gasteiger partial charge in [-0.3, -0.25) is 0 Å². The maximum absolute atomic E-state index is 9.34. The Balaban J connectivity index is 1.87. The second kappa shape index (κ2) is 11.7. The maximum Gasteiger partial charge on any atom is 0.142 e. The Kier molecular flexibility index (Phi) is 9.01. The van der Waals surface area contributed by atoms with Crippen LogP contribution < -0.4 is 0 Å². The summed E-state index contributed by atoms with van der Waals surface area (Å²) in [5, 5.41) is 13.7. The van der Waals surface area contributed by atoms with E-state index in [1.54, 1.807) is 0 Å². The number of oxime groups is 1. The van der Waals surface area contributed by atoms with Gasteiger partial charge in [-0.05, 0) is 37.7 Å². The van der Waals surface area contributed by atoms with E-state index in [4.69, 9.17) is 4.84 Å². The van der Waals surface area contributed by atoms with Crippen LogP contribution >= 0.6 is 0 Å². The van der Waals surface area contributed by atoms with Gasteiger partial charge in [-0.2, -0.15) is 5.26 Å². The minimum Gasteiger partial charge on any atom is -0.391 e. The standard InChI is InChI=1S/C21H30N2O/c22-17-19-11-7-4-2-1-3-5-10-14-21(16-15-19)23-24-18-20-12-8-6-9-13-20/h6,8-9,12-13,19H,1-5,7,10-11,14-16,18H2. The minimum absolute atomic E-state index is 0.171. The summed E-state index contributed by atoms with van der Waals surface area (Å²) in [5.74, 6) is 0.171. The maximum atomic E-state index is 9.34. The van der Waals surface area contributed by atoms with Crippen molar-refractivity contribution in [2.24, 2.45) is 11.1 Å². The van der Waals surface area contributed by atoms with Crippen molar-refractivity contribution in [1.82, 2.24) is 0 Å². The average Bonchev–Trinajstić information content (AvgIpc) is 2.64. The Hall–Kier alpha value is -1.82. The molecule has 130 valence electrons. The van der Waals surface area contributed by atoms with Crippen LogP contribution in [0.4, 0.5) is 0 Å². The van der Waals surface area contributed by atoms with Crippen LogP contribution in [-0.4, -0.2) is 5.71 Å². The van der Waals surface area contributed by atoms with Crippen molar-refractivity contribution in [3.8, 4) is 6.07 Å². The molecule has 0 radical (unpaired) electrons. The molecule has 0 bridgehead atoms. The van der Waals surface area contributed by atoms with Crippen LogP contribution in [0, 0.1) is 17.2 Å². The summed E-state index contributed by atoms with van der Waals surface area (Å²) in [7, 11) is 0. The zero-order valence-electron chi connectivity index (χ0n) is 14.8. The van der Waals surface area contributed by atoms with E-state index in [1.165, 1.54) is 44.9 Å². The predicted octanol–water partition coefficient (Wildman–Crippen LogP) is 6.00. The van der Waals surface area contributed by atoms with Crippen LogP contribution in [0.25, 0.3) is 0 Å². The highest BCUT2D eigenvalue weighted by atomic mass is 16.6. The molecule has 2 rings (SSSR count). The molecule has 1 saturated carbocycles. The third-order valence-corrected chi connectivity index (χ3v) is 4.75. The molecule has 1 aromatic carbocycles. The highest BCUT2D eigenvalue weighted by Crippen LogP contribution is 2.20. The van der Waals surface area contributed by atoms with E-state index in [9.17, 15) is 5.26 Å². The first-order chi connectivity index (χ1) is 11.9. The fourth-order valence-corrected chi connectivity index (χ4v) is 3.21. The molecular weight excluding hydrogens is 296 g/mol. The van der Waals surface area contributed by atoms with Crippen molar-refractivity contribution in [3.63, 3.8) is 0 Å². The second-order valence-corrected chi connectivity index (χ2v) is 6.79. The third kappa shape index (κ3) is 7.64. The van der Waals surface area contributed by atoms with Crippen molar-refractivity contribution in [1.29, 1.82) is 5.26 Å². The molecule has 1 aliphatic carbocycles. The number of benzene rings is 1. The van der Waals surface area contributed by atoms with E-state index >= 15 is 0 Å². The Morgan fingerprint density at radius 1 is 0.917 bits per heavy atom. The third-order valence-electron chi connectivity index (χ3n) is 4.75. The normalized spacial score (nSPS) is 22.6. The largest absolute Gasteiger partial charge is 0.391 e. The molecule has 0 saturated heterocycles. The van der Waals surface area contributed by atoms with Crippen LogP contribution in [0.5, 0.6) is 0 Å². The van der Waals surface area contributed by atoms with E-state index in [1.807, 2.05) is 18.2 Å². The number of hydrogen-bond donors (Lipinski definition) is 0. The first-order valence-electron chi connectivity index (χ1n) is 9.49. The van der Waals surface area contributed by atoms with Crippen molar-refractivity contribution >= 4 is 5.71 Å². The van der Waals surface area contributed by atoms with Gasteiger partial charge < -0.3 is 4.84 Å². The monoisotopic (exact) mass is 326 g/mol. The van der Waals surface area contributed by atoms with Crippen LogP contribution in [0.3, 0.4) is 0 Å². The molecule has 24 heavy (non-hydrogen) atoms. The van der Waals surface area contributed by atoms with E-state index < -0.39 is 0 Å². The molecule has 1 aromatic rings. The first-order valence-corrected chi connectivity index (χ1v) is 9.49. The SMILES string of the molecule is N#CC1CCCCCCCCCC(=NOCc2ccccc2)CC1. The van der Waals surface area contributed by atoms with E-state index in [0.29, 0.717) is 6.61 Å². The highest BCUT2D eigenvalue weighted by molar-refractivity contribution is 5.83. The summed E-state index contributed by atoms with van der Waals surface area (Å²) in [6.45, 7) is 0.520. The summed E-state index contributed by atoms with van der Waals surface area (Å²) < 4.78 is 0. The lowest BCUT2D eigenvalue weighted by Gasteiger charge is -2.10. The van der Waals surface area contributed by atoms with Crippen molar-refractivity contribution in [2.75, 3.05) is 0 Å². The minimum atomic E-state index is 0.171. The molecule has 1 aliphatic rings. The van der Waals surface area contributed by atoms with E-state index in [0.717, 1.165) is 37.0 Å². The molecule has 3 heteroatoms. The zero-order chi connectivity index (χ0) is 16.9. The van der Waals surface area contributed by atoms with Crippen molar-refractivity contribution < 1.29 is 4.84 Å². The summed E-state index contributed by atoms with van der Waals surface area (Å²) in [6, 6.07) is 12.6. The van der Waals surface area contributed by atoms with Crippen LogP contribution in [0.15, 0.2) is 35.5 Å². The number of rotatable bonds is 3. The Labute approximate surface area is 146 Å². The highest BCUT2D eigenvalue weighted by Gasteiger charge is 2.11. The lowest BCUT2D eigenvalue weighted by molar-refractivity contribution is 0.129. The Morgan fingerprint density at radius 3 is 2.38 bits per heavy atom. The fraction of sp³-hybridized carbons (Fsp3) is 0.619. The van der Waals surface area contributed by atoms with Gasteiger partial charge in [-0.15, -0.1) is 0 Å². The summed E-state index contributed by atoms with van der Waals surface area (Å²) in [5.41, 5.74) is 2.27. The summed E-state index contributed by atoms with van der Waals surface area (Å²) >= 11 is 0. The molecule has 3 nitrogen and oxygen atoms in total. The second-order valence-electron chi connectivity index (χ2n) is 6.79. The molecule has 0 aliphatic heterocycles. The molecule has 0 heterocycles.